The van der Waals surface area contributed by atoms with Crippen LogP contribution < -0.4 is 0 Å². The van der Waals surface area contributed by atoms with Gasteiger partial charge in [-0.2, -0.15) is 17.0 Å². The lowest BCUT2D eigenvalue weighted by Gasteiger charge is -2.44. The molecular formula is C15H29N3O2S. The molecule has 0 aromatic rings. The average Bonchev–Trinajstić information content (AvgIpc) is 2.93. The zero-order chi connectivity index (χ0) is 15.0. The van der Waals surface area contributed by atoms with Crippen LogP contribution in [0.15, 0.2) is 0 Å². The van der Waals surface area contributed by atoms with E-state index in [1.165, 1.54) is 12.8 Å². The van der Waals surface area contributed by atoms with Crippen molar-refractivity contribution in [3.63, 3.8) is 0 Å². The molecule has 2 unspecified atom stereocenters. The van der Waals surface area contributed by atoms with E-state index < -0.39 is 10.2 Å². The van der Waals surface area contributed by atoms with Crippen molar-refractivity contribution in [2.75, 3.05) is 26.7 Å². The lowest BCUT2D eigenvalue weighted by molar-refractivity contribution is 0.109. The molecule has 3 rings (SSSR count). The molecule has 2 saturated heterocycles. The molecule has 1 saturated carbocycles. The molecule has 0 aromatic carbocycles. The molecule has 0 amide bonds. The molecule has 2 heterocycles. The van der Waals surface area contributed by atoms with Gasteiger partial charge in [-0.05, 0) is 39.2 Å². The summed E-state index contributed by atoms with van der Waals surface area (Å²) in [5.41, 5.74) is 0. The summed E-state index contributed by atoms with van der Waals surface area (Å²) in [5.74, 6) is 0. The third-order valence-electron chi connectivity index (χ3n) is 5.63. The first-order valence-electron chi connectivity index (χ1n) is 8.49. The summed E-state index contributed by atoms with van der Waals surface area (Å²) in [6.45, 7) is 4.77. The Kier molecular flexibility index (Phi) is 4.60. The van der Waals surface area contributed by atoms with Gasteiger partial charge in [-0.1, -0.05) is 19.3 Å². The van der Waals surface area contributed by atoms with Crippen molar-refractivity contribution in [2.24, 2.45) is 0 Å². The van der Waals surface area contributed by atoms with E-state index in [1.54, 1.807) is 15.7 Å². The maximum Gasteiger partial charge on any atom is 0.282 e. The largest absolute Gasteiger partial charge is 0.297 e. The lowest BCUT2D eigenvalue weighted by atomic mass is 9.96. The van der Waals surface area contributed by atoms with E-state index in [0.29, 0.717) is 12.6 Å². The van der Waals surface area contributed by atoms with Gasteiger partial charge in [0.15, 0.2) is 0 Å². The Morgan fingerprint density at radius 3 is 2.43 bits per heavy atom. The first-order chi connectivity index (χ1) is 10.00. The predicted octanol–water partition coefficient (Wildman–Crippen LogP) is 1.66. The van der Waals surface area contributed by atoms with Gasteiger partial charge in [-0.15, -0.1) is 0 Å². The maximum atomic E-state index is 13.0. The number of hydrogen-bond donors (Lipinski definition) is 0. The van der Waals surface area contributed by atoms with E-state index in [-0.39, 0.29) is 12.1 Å². The SMILES string of the molecule is CC1CN2CCCC2CN1S(=O)(=O)N(C)C1CCCCC1. The van der Waals surface area contributed by atoms with Gasteiger partial charge >= 0.3 is 0 Å². The van der Waals surface area contributed by atoms with Gasteiger partial charge in [0, 0.05) is 38.3 Å². The molecule has 6 heteroatoms. The Hall–Kier alpha value is -0.170. The highest BCUT2D eigenvalue weighted by Gasteiger charge is 2.42. The van der Waals surface area contributed by atoms with Gasteiger partial charge in [-0.25, -0.2) is 0 Å². The molecule has 3 fully saturated rings. The zero-order valence-electron chi connectivity index (χ0n) is 13.4. The second-order valence-corrected chi connectivity index (χ2v) is 8.97. The highest BCUT2D eigenvalue weighted by atomic mass is 32.2. The van der Waals surface area contributed by atoms with E-state index in [0.717, 1.165) is 45.2 Å². The Morgan fingerprint density at radius 2 is 1.71 bits per heavy atom. The molecule has 1 aliphatic carbocycles. The van der Waals surface area contributed by atoms with Crippen LogP contribution in [0.2, 0.25) is 0 Å². The molecular weight excluding hydrogens is 286 g/mol. The second-order valence-electron chi connectivity index (χ2n) is 7.03. The summed E-state index contributed by atoms with van der Waals surface area (Å²) in [6, 6.07) is 0.740. The highest BCUT2D eigenvalue weighted by molar-refractivity contribution is 7.86. The van der Waals surface area contributed by atoms with Gasteiger partial charge in [0.05, 0.1) is 0 Å². The number of fused-ring (bicyclic) bond motifs is 1. The molecule has 0 spiro atoms. The molecule has 0 aromatic heterocycles. The van der Waals surface area contributed by atoms with Crippen LogP contribution >= 0.6 is 0 Å². The number of piperazine rings is 1. The number of nitrogens with zero attached hydrogens (tertiary/aromatic N) is 3. The maximum absolute atomic E-state index is 13.0. The molecule has 0 bridgehead atoms. The summed E-state index contributed by atoms with van der Waals surface area (Å²) in [7, 11) is -1.52. The Morgan fingerprint density at radius 1 is 1.00 bits per heavy atom. The second kappa shape index (κ2) is 6.14. The standard InChI is InChI=1S/C15H29N3O2S/c1-13-11-17-10-6-9-15(17)12-18(13)21(19,20)16(2)14-7-4-3-5-8-14/h13-15H,3-12H2,1-2H3. The van der Waals surface area contributed by atoms with Crippen LogP contribution in [0.5, 0.6) is 0 Å². The van der Waals surface area contributed by atoms with Crippen LogP contribution in [0.1, 0.15) is 51.9 Å². The third kappa shape index (κ3) is 3.00. The van der Waals surface area contributed by atoms with Gasteiger partial charge in [-0.3, -0.25) is 4.90 Å². The summed E-state index contributed by atoms with van der Waals surface area (Å²) in [4.78, 5) is 2.47. The summed E-state index contributed by atoms with van der Waals surface area (Å²) >= 11 is 0. The molecule has 0 radical (unpaired) electrons. The first kappa shape index (κ1) is 15.7. The van der Waals surface area contributed by atoms with E-state index in [4.69, 9.17) is 0 Å². The van der Waals surface area contributed by atoms with Crippen molar-refractivity contribution in [1.29, 1.82) is 0 Å². The van der Waals surface area contributed by atoms with Crippen LogP contribution in [0.3, 0.4) is 0 Å². The summed E-state index contributed by atoms with van der Waals surface area (Å²) in [5, 5.41) is 0. The molecule has 5 nitrogen and oxygen atoms in total. The first-order valence-corrected chi connectivity index (χ1v) is 9.88. The quantitative estimate of drug-likeness (QED) is 0.796. The van der Waals surface area contributed by atoms with E-state index >= 15 is 0 Å². The Bertz CT molecular complexity index is 462. The van der Waals surface area contributed by atoms with Crippen molar-refractivity contribution < 1.29 is 8.42 Å². The highest BCUT2D eigenvalue weighted by Crippen LogP contribution is 2.30. The van der Waals surface area contributed by atoms with Crippen LogP contribution in [0, 0.1) is 0 Å². The Labute approximate surface area is 129 Å². The lowest BCUT2D eigenvalue weighted by Crippen LogP contribution is -2.60. The van der Waals surface area contributed by atoms with Gasteiger partial charge < -0.3 is 0 Å². The normalized spacial score (nSPS) is 33.5. The van der Waals surface area contributed by atoms with Crippen molar-refractivity contribution in [2.45, 2.75) is 70.0 Å². The van der Waals surface area contributed by atoms with Crippen LogP contribution in [0.25, 0.3) is 0 Å². The minimum atomic E-state index is -3.31. The average molecular weight is 315 g/mol. The van der Waals surface area contributed by atoms with Crippen LogP contribution in [0.4, 0.5) is 0 Å². The van der Waals surface area contributed by atoms with Crippen molar-refractivity contribution in [3.05, 3.63) is 0 Å². The molecule has 2 aliphatic heterocycles. The molecule has 2 atom stereocenters. The molecule has 21 heavy (non-hydrogen) atoms. The van der Waals surface area contributed by atoms with Crippen LogP contribution in [-0.4, -0.2) is 66.7 Å². The summed E-state index contributed by atoms with van der Waals surface area (Å²) in [6.07, 6.45) is 7.98. The number of rotatable bonds is 3. The predicted molar refractivity (Wildman–Crippen MR) is 84.3 cm³/mol. The molecule has 3 aliphatic rings. The minimum absolute atomic E-state index is 0.0930. The van der Waals surface area contributed by atoms with Gasteiger partial charge in [0.1, 0.15) is 0 Å². The monoisotopic (exact) mass is 315 g/mol. The fourth-order valence-corrected chi connectivity index (χ4v) is 6.08. The van der Waals surface area contributed by atoms with E-state index in [2.05, 4.69) is 11.8 Å². The van der Waals surface area contributed by atoms with E-state index in [9.17, 15) is 8.42 Å². The zero-order valence-corrected chi connectivity index (χ0v) is 14.2. The fourth-order valence-electron chi connectivity index (χ4n) is 4.28. The number of hydrogen-bond acceptors (Lipinski definition) is 3. The van der Waals surface area contributed by atoms with E-state index in [1.807, 2.05) is 0 Å². The van der Waals surface area contributed by atoms with Gasteiger partial charge in [0.25, 0.3) is 10.2 Å². The van der Waals surface area contributed by atoms with Crippen molar-refractivity contribution >= 4 is 10.2 Å². The summed E-state index contributed by atoms with van der Waals surface area (Å²) < 4.78 is 29.5. The topological polar surface area (TPSA) is 43.9 Å². The van der Waals surface area contributed by atoms with Crippen LogP contribution in [-0.2, 0) is 10.2 Å². The van der Waals surface area contributed by atoms with Crippen molar-refractivity contribution in [1.82, 2.24) is 13.5 Å². The van der Waals surface area contributed by atoms with Crippen molar-refractivity contribution in [3.8, 4) is 0 Å². The smallest absolute Gasteiger partial charge is 0.282 e. The third-order valence-corrected chi connectivity index (χ3v) is 7.76. The van der Waals surface area contributed by atoms with Gasteiger partial charge in [0.2, 0.25) is 0 Å². The fraction of sp³-hybridized carbons (Fsp3) is 1.00. The molecule has 0 N–H and O–H groups in total. The molecule has 122 valence electrons. The minimum Gasteiger partial charge on any atom is -0.297 e. The Balaban J connectivity index is 1.73.